The summed E-state index contributed by atoms with van der Waals surface area (Å²) in [7, 11) is 1.69. The van der Waals surface area contributed by atoms with Crippen LogP contribution in [-0.4, -0.2) is 61.9 Å². The van der Waals surface area contributed by atoms with Gasteiger partial charge in [-0.1, -0.05) is 6.42 Å². The van der Waals surface area contributed by atoms with Crippen LogP contribution in [0.1, 0.15) is 56.6 Å². The summed E-state index contributed by atoms with van der Waals surface area (Å²) in [6.07, 6.45) is 10.5. The number of piperidine rings is 1. The van der Waals surface area contributed by atoms with Crippen molar-refractivity contribution in [2.75, 3.05) is 26.8 Å². The quantitative estimate of drug-likeness (QED) is 0.728. The molecule has 1 saturated heterocycles. The first-order chi connectivity index (χ1) is 13.7. The highest BCUT2D eigenvalue weighted by atomic mass is 16.5. The van der Waals surface area contributed by atoms with E-state index in [-0.39, 0.29) is 11.3 Å². The molecular weight excluding hydrogens is 356 g/mol. The Bertz CT molecular complexity index is 788. The average Bonchev–Trinajstić information content (AvgIpc) is 3.34. The minimum absolute atomic E-state index is 0.261. The summed E-state index contributed by atoms with van der Waals surface area (Å²) in [6, 6.07) is 0. The molecule has 0 spiro atoms. The van der Waals surface area contributed by atoms with Gasteiger partial charge < -0.3 is 18.8 Å². The number of hydrogen-bond acceptors (Lipinski definition) is 5. The van der Waals surface area contributed by atoms with Gasteiger partial charge in [-0.15, -0.1) is 10.2 Å². The summed E-state index contributed by atoms with van der Waals surface area (Å²) in [6.45, 7) is 5.80. The fourth-order valence-corrected chi connectivity index (χ4v) is 4.63. The predicted molar refractivity (Wildman–Crippen MR) is 104 cm³/mol. The maximum atomic E-state index is 13.0. The molecule has 1 aliphatic heterocycles. The van der Waals surface area contributed by atoms with Crippen LogP contribution in [0.2, 0.25) is 0 Å². The van der Waals surface area contributed by atoms with Crippen molar-refractivity contribution in [1.29, 1.82) is 0 Å². The third-order valence-corrected chi connectivity index (χ3v) is 6.39. The highest BCUT2D eigenvalue weighted by molar-refractivity contribution is 5.84. The van der Waals surface area contributed by atoms with E-state index in [9.17, 15) is 4.79 Å². The Morgan fingerprint density at radius 1 is 1.29 bits per heavy atom. The third kappa shape index (κ3) is 3.45. The van der Waals surface area contributed by atoms with Crippen LogP contribution in [0.4, 0.5) is 0 Å². The third-order valence-electron chi connectivity index (χ3n) is 6.39. The van der Waals surface area contributed by atoms with Gasteiger partial charge in [0.2, 0.25) is 5.91 Å². The fourth-order valence-electron chi connectivity index (χ4n) is 4.63. The monoisotopic (exact) mass is 386 g/mol. The van der Waals surface area contributed by atoms with Crippen LogP contribution in [0.3, 0.4) is 0 Å². The van der Waals surface area contributed by atoms with Crippen molar-refractivity contribution < 1.29 is 9.53 Å². The summed E-state index contributed by atoms with van der Waals surface area (Å²) in [5.41, 5.74) is -0.261. The molecule has 2 fully saturated rings. The number of ether oxygens (including phenoxy) is 1. The molecule has 3 heterocycles. The van der Waals surface area contributed by atoms with E-state index in [1.807, 2.05) is 15.7 Å². The summed E-state index contributed by atoms with van der Waals surface area (Å²) in [4.78, 5) is 19.2. The number of hydrogen-bond donors (Lipinski definition) is 0. The summed E-state index contributed by atoms with van der Waals surface area (Å²) >= 11 is 0. The normalized spacial score (nSPS) is 19.6. The lowest BCUT2D eigenvalue weighted by Gasteiger charge is -2.44. The van der Waals surface area contributed by atoms with E-state index in [4.69, 9.17) is 4.74 Å². The molecule has 1 amide bonds. The maximum Gasteiger partial charge on any atom is 0.231 e. The van der Waals surface area contributed by atoms with Crippen LogP contribution in [0.15, 0.2) is 18.7 Å². The minimum Gasteiger partial charge on any atom is -0.384 e. The van der Waals surface area contributed by atoms with Crippen molar-refractivity contribution in [3.8, 4) is 0 Å². The highest BCUT2D eigenvalue weighted by Crippen LogP contribution is 2.43. The van der Waals surface area contributed by atoms with Gasteiger partial charge in [0.05, 0.1) is 24.9 Å². The number of rotatable bonds is 7. The van der Waals surface area contributed by atoms with Crippen molar-refractivity contribution in [3.05, 3.63) is 30.4 Å². The van der Waals surface area contributed by atoms with Crippen LogP contribution in [0.5, 0.6) is 0 Å². The first-order valence-corrected chi connectivity index (χ1v) is 10.3. The van der Waals surface area contributed by atoms with Gasteiger partial charge in [0.25, 0.3) is 0 Å². The molecule has 28 heavy (non-hydrogen) atoms. The van der Waals surface area contributed by atoms with E-state index in [2.05, 4.69) is 26.7 Å². The van der Waals surface area contributed by atoms with Crippen molar-refractivity contribution in [2.24, 2.45) is 5.41 Å². The second-order valence-corrected chi connectivity index (χ2v) is 8.09. The Morgan fingerprint density at radius 2 is 2.07 bits per heavy atom. The topological polar surface area (TPSA) is 78.1 Å². The number of aromatic nitrogens is 5. The molecule has 8 heteroatoms. The number of likely N-dealkylation sites (tertiary alicyclic amines) is 1. The second-order valence-electron chi connectivity index (χ2n) is 8.09. The molecular formula is C20H30N6O2. The number of carbonyl (C=O) groups is 1. The largest absolute Gasteiger partial charge is 0.384 e. The van der Waals surface area contributed by atoms with E-state index in [0.29, 0.717) is 19.1 Å². The number of methoxy groups -OCH3 is 1. The second kappa shape index (κ2) is 8.03. The lowest BCUT2D eigenvalue weighted by atomic mass is 9.68. The van der Waals surface area contributed by atoms with Crippen LogP contribution in [0, 0.1) is 5.41 Å². The zero-order chi connectivity index (χ0) is 19.6. The number of nitrogens with zero attached hydrogens (tertiary/aromatic N) is 6. The smallest absolute Gasteiger partial charge is 0.231 e. The van der Waals surface area contributed by atoms with Gasteiger partial charge in [-0.3, -0.25) is 4.79 Å². The van der Waals surface area contributed by atoms with E-state index >= 15 is 0 Å². The van der Waals surface area contributed by atoms with Crippen molar-refractivity contribution in [2.45, 2.75) is 58.0 Å². The van der Waals surface area contributed by atoms with Gasteiger partial charge >= 0.3 is 0 Å². The SMILES string of the molecule is CCn1c(Cn2ccnc2)nnc1C1CCN(C(=O)C2(COC)CCC2)CC1. The number of amides is 1. The lowest BCUT2D eigenvalue weighted by Crippen LogP contribution is -2.52. The van der Waals surface area contributed by atoms with Crippen LogP contribution >= 0.6 is 0 Å². The molecule has 0 N–H and O–H groups in total. The molecule has 1 saturated carbocycles. The highest BCUT2D eigenvalue weighted by Gasteiger charge is 2.47. The molecule has 0 unspecified atom stereocenters. The van der Waals surface area contributed by atoms with Crippen molar-refractivity contribution in [3.63, 3.8) is 0 Å². The van der Waals surface area contributed by atoms with Crippen LogP contribution in [0.25, 0.3) is 0 Å². The average molecular weight is 387 g/mol. The Hall–Kier alpha value is -2.22. The molecule has 0 radical (unpaired) electrons. The van der Waals surface area contributed by atoms with Crippen molar-refractivity contribution >= 4 is 5.91 Å². The van der Waals surface area contributed by atoms with E-state index in [1.165, 1.54) is 0 Å². The maximum absolute atomic E-state index is 13.0. The zero-order valence-corrected chi connectivity index (χ0v) is 16.9. The Labute approximate surface area is 165 Å². The number of carbonyl (C=O) groups excluding carboxylic acids is 1. The minimum atomic E-state index is -0.261. The molecule has 2 aromatic heterocycles. The van der Waals surface area contributed by atoms with Gasteiger partial charge in [-0.25, -0.2) is 4.98 Å². The number of imidazole rings is 1. The summed E-state index contributed by atoms with van der Waals surface area (Å²) < 4.78 is 9.58. The van der Waals surface area contributed by atoms with Gasteiger partial charge in [-0.2, -0.15) is 0 Å². The molecule has 4 rings (SSSR count). The summed E-state index contributed by atoms with van der Waals surface area (Å²) in [5, 5.41) is 8.97. The van der Waals surface area contributed by atoms with Crippen molar-refractivity contribution in [1.82, 2.24) is 29.2 Å². The molecule has 2 aliphatic rings. The Morgan fingerprint density at radius 3 is 2.64 bits per heavy atom. The van der Waals surface area contributed by atoms with Gasteiger partial charge in [0, 0.05) is 45.1 Å². The fraction of sp³-hybridized carbons (Fsp3) is 0.700. The molecule has 2 aromatic rings. The first-order valence-electron chi connectivity index (χ1n) is 10.3. The predicted octanol–water partition coefficient (Wildman–Crippen LogP) is 2.07. The summed E-state index contributed by atoms with van der Waals surface area (Å²) in [5.74, 6) is 2.66. The lowest BCUT2D eigenvalue weighted by molar-refractivity contribution is -0.153. The van der Waals surface area contributed by atoms with Crippen LogP contribution < -0.4 is 0 Å². The molecule has 0 aromatic carbocycles. The molecule has 0 bridgehead atoms. The van der Waals surface area contributed by atoms with Crippen LogP contribution in [-0.2, 0) is 22.6 Å². The van der Waals surface area contributed by atoms with E-state index in [0.717, 1.165) is 63.4 Å². The van der Waals surface area contributed by atoms with E-state index in [1.54, 1.807) is 19.6 Å². The van der Waals surface area contributed by atoms with Gasteiger partial charge in [0.1, 0.15) is 5.82 Å². The molecule has 0 atom stereocenters. The van der Waals surface area contributed by atoms with E-state index < -0.39 is 0 Å². The zero-order valence-electron chi connectivity index (χ0n) is 16.9. The Balaban J connectivity index is 1.41. The first kappa shape index (κ1) is 19.1. The molecule has 152 valence electrons. The Kier molecular flexibility index (Phi) is 5.48. The van der Waals surface area contributed by atoms with Gasteiger partial charge in [0.15, 0.2) is 5.82 Å². The molecule has 1 aliphatic carbocycles. The van der Waals surface area contributed by atoms with Gasteiger partial charge in [-0.05, 0) is 32.6 Å². The molecule has 8 nitrogen and oxygen atoms in total. The standard InChI is InChI=1S/C20H30N6O2/c1-3-26-17(13-24-12-9-21-15-24)22-23-18(26)16-5-10-25(11-6-16)19(27)20(14-28-2)7-4-8-20/h9,12,15-16H,3-8,10-11,13-14H2,1-2H3.